The first-order valence-electron chi connectivity index (χ1n) is 6.90. The molecule has 0 unspecified atom stereocenters. The van der Waals surface area contributed by atoms with Crippen molar-refractivity contribution >= 4 is 11.9 Å². The molecule has 0 aliphatic heterocycles. The van der Waals surface area contributed by atoms with E-state index in [-0.39, 0.29) is 17.9 Å². The molecule has 0 saturated heterocycles. The van der Waals surface area contributed by atoms with Gasteiger partial charge in [0.05, 0.1) is 0 Å². The number of rotatable bonds is 1. The lowest BCUT2D eigenvalue weighted by Crippen LogP contribution is -2.51. The quantitative estimate of drug-likeness (QED) is 0.781. The van der Waals surface area contributed by atoms with E-state index < -0.39 is 11.7 Å². The predicted molar refractivity (Wildman–Crippen MR) is 68.2 cm³/mol. The van der Waals surface area contributed by atoms with Crippen molar-refractivity contribution in [2.75, 3.05) is 0 Å². The molecule has 0 radical (unpaired) electrons. The SMILES string of the molecule is CC(C)(C)OC(=O)N[C@@H]1CC[C@@H]2CCC[C@H]1C2=O. The molecule has 0 spiro atoms. The largest absolute Gasteiger partial charge is 0.444 e. The predicted octanol–water partition coefficient (Wildman–Crippen LogP) is 2.66. The van der Waals surface area contributed by atoms with Gasteiger partial charge in [0.15, 0.2) is 0 Å². The summed E-state index contributed by atoms with van der Waals surface area (Å²) in [7, 11) is 0. The van der Waals surface area contributed by atoms with Crippen LogP contribution in [-0.2, 0) is 9.53 Å². The summed E-state index contributed by atoms with van der Waals surface area (Å²) >= 11 is 0. The van der Waals surface area contributed by atoms with Gasteiger partial charge >= 0.3 is 6.09 Å². The summed E-state index contributed by atoms with van der Waals surface area (Å²) in [6, 6.07) is -0.0242. The number of amides is 1. The Morgan fingerprint density at radius 3 is 2.61 bits per heavy atom. The van der Waals surface area contributed by atoms with Crippen LogP contribution in [0.15, 0.2) is 0 Å². The molecule has 1 N–H and O–H groups in total. The van der Waals surface area contributed by atoms with Crippen LogP contribution in [0.1, 0.15) is 52.9 Å². The third kappa shape index (κ3) is 3.03. The summed E-state index contributed by atoms with van der Waals surface area (Å²) in [5.41, 5.74) is -0.488. The number of nitrogens with one attached hydrogen (secondary N) is 1. The molecule has 2 aliphatic rings. The molecule has 2 bridgehead atoms. The molecule has 102 valence electrons. The van der Waals surface area contributed by atoms with Gasteiger partial charge in [0.25, 0.3) is 0 Å². The van der Waals surface area contributed by atoms with E-state index in [2.05, 4.69) is 5.32 Å². The van der Waals surface area contributed by atoms with Crippen LogP contribution in [0.3, 0.4) is 0 Å². The van der Waals surface area contributed by atoms with Crippen LogP contribution in [0.25, 0.3) is 0 Å². The zero-order chi connectivity index (χ0) is 13.3. The lowest BCUT2D eigenvalue weighted by molar-refractivity contribution is -0.133. The first kappa shape index (κ1) is 13.4. The minimum Gasteiger partial charge on any atom is -0.444 e. The highest BCUT2D eigenvalue weighted by atomic mass is 16.6. The number of fused-ring (bicyclic) bond motifs is 2. The normalized spacial score (nSPS) is 31.9. The van der Waals surface area contributed by atoms with E-state index in [0.29, 0.717) is 5.78 Å². The number of Topliss-reactive ketones (excluding diaryl/α,β-unsaturated/α-hetero) is 1. The maximum absolute atomic E-state index is 12.1. The lowest BCUT2D eigenvalue weighted by Gasteiger charge is -2.39. The summed E-state index contributed by atoms with van der Waals surface area (Å²) in [5, 5.41) is 2.88. The second-order valence-corrected chi connectivity index (χ2v) is 6.47. The zero-order valence-electron chi connectivity index (χ0n) is 11.5. The Hall–Kier alpha value is -1.06. The molecule has 4 heteroatoms. The van der Waals surface area contributed by atoms with Gasteiger partial charge in [-0.2, -0.15) is 0 Å². The Morgan fingerprint density at radius 2 is 1.94 bits per heavy atom. The Kier molecular flexibility index (Phi) is 3.64. The number of alkyl carbamates (subject to hydrolysis) is 1. The molecule has 0 aromatic rings. The van der Waals surface area contributed by atoms with Crippen molar-refractivity contribution in [1.82, 2.24) is 5.32 Å². The van der Waals surface area contributed by atoms with Crippen molar-refractivity contribution in [2.24, 2.45) is 11.8 Å². The van der Waals surface area contributed by atoms with Crippen LogP contribution in [0.4, 0.5) is 4.79 Å². The van der Waals surface area contributed by atoms with E-state index in [4.69, 9.17) is 4.74 Å². The van der Waals surface area contributed by atoms with E-state index in [0.717, 1.165) is 32.1 Å². The highest BCUT2D eigenvalue weighted by Crippen LogP contribution is 2.37. The van der Waals surface area contributed by atoms with Gasteiger partial charge in [-0.25, -0.2) is 4.79 Å². The summed E-state index contributed by atoms with van der Waals surface area (Å²) in [4.78, 5) is 23.8. The molecule has 3 atom stereocenters. The summed E-state index contributed by atoms with van der Waals surface area (Å²) in [6.45, 7) is 5.53. The second-order valence-electron chi connectivity index (χ2n) is 6.47. The molecule has 2 rings (SSSR count). The lowest BCUT2D eigenvalue weighted by atomic mass is 9.69. The van der Waals surface area contributed by atoms with Crippen LogP contribution in [0.5, 0.6) is 0 Å². The average Bonchev–Trinajstić information content (AvgIpc) is 2.19. The van der Waals surface area contributed by atoms with Gasteiger partial charge in [0.1, 0.15) is 11.4 Å². The minimum absolute atomic E-state index is 0.0185. The van der Waals surface area contributed by atoms with Crippen LogP contribution in [-0.4, -0.2) is 23.5 Å². The standard InChI is InChI=1S/C14H23NO3/c1-14(2,3)18-13(17)15-11-8-7-9-5-4-6-10(11)12(9)16/h9-11H,4-8H2,1-3H3,(H,15,17)/t9-,10+,11+/m0/s1. The van der Waals surface area contributed by atoms with Gasteiger partial charge in [0.2, 0.25) is 0 Å². The fourth-order valence-corrected chi connectivity index (χ4v) is 3.07. The van der Waals surface area contributed by atoms with Crippen molar-refractivity contribution in [2.45, 2.75) is 64.5 Å². The molecule has 18 heavy (non-hydrogen) atoms. The van der Waals surface area contributed by atoms with E-state index in [1.807, 2.05) is 20.8 Å². The topological polar surface area (TPSA) is 55.4 Å². The van der Waals surface area contributed by atoms with E-state index >= 15 is 0 Å². The first-order chi connectivity index (χ1) is 8.37. The number of carbonyl (C=O) groups is 2. The fraction of sp³-hybridized carbons (Fsp3) is 0.857. The number of carbonyl (C=O) groups excluding carboxylic acids is 2. The van der Waals surface area contributed by atoms with Crippen LogP contribution in [0.2, 0.25) is 0 Å². The molecular weight excluding hydrogens is 230 g/mol. The maximum Gasteiger partial charge on any atom is 0.407 e. The maximum atomic E-state index is 12.1. The molecule has 2 aliphatic carbocycles. The van der Waals surface area contributed by atoms with Crippen LogP contribution >= 0.6 is 0 Å². The summed E-state index contributed by atoms with van der Waals surface area (Å²) in [5.74, 6) is 0.624. The summed E-state index contributed by atoms with van der Waals surface area (Å²) < 4.78 is 5.25. The molecule has 0 aromatic heterocycles. The molecular formula is C14H23NO3. The van der Waals surface area contributed by atoms with Crippen molar-refractivity contribution in [1.29, 1.82) is 0 Å². The van der Waals surface area contributed by atoms with Crippen molar-refractivity contribution < 1.29 is 14.3 Å². The molecule has 2 saturated carbocycles. The molecule has 0 aromatic carbocycles. The number of ether oxygens (including phenoxy) is 1. The average molecular weight is 253 g/mol. The molecule has 1 amide bonds. The van der Waals surface area contributed by atoms with Gasteiger partial charge in [0, 0.05) is 17.9 Å². The minimum atomic E-state index is -0.488. The fourth-order valence-electron chi connectivity index (χ4n) is 3.07. The number of hydrogen-bond acceptors (Lipinski definition) is 3. The highest BCUT2D eigenvalue weighted by molar-refractivity contribution is 5.86. The van der Waals surface area contributed by atoms with Crippen LogP contribution in [0, 0.1) is 11.8 Å². The van der Waals surface area contributed by atoms with E-state index in [9.17, 15) is 9.59 Å². The van der Waals surface area contributed by atoms with Gasteiger partial charge in [-0.15, -0.1) is 0 Å². The molecule has 2 fully saturated rings. The molecule has 4 nitrogen and oxygen atoms in total. The van der Waals surface area contributed by atoms with Crippen LogP contribution < -0.4 is 5.32 Å². The van der Waals surface area contributed by atoms with Gasteiger partial charge < -0.3 is 10.1 Å². The van der Waals surface area contributed by atoms with Gasteiger partial charge in [-0.1, -0.05) is 6.42 Å². The monoisotopic (exact) mass is 253 g/mol. The Balaban J connectivity index is 1.93. The smallest absolute Gasteiger partial charge is 0.407 e. The highest BCUT2D eigenvalue weighted by Gasteiger charge is 2.41. The first-order valence-corrected chi connectivity index (χ1v) is 6.90. The number of hydrogen-bond donors (Lipinski definition) is 1. The van der Waals surface area contributed by atoms with Crippen molar-refractivity contribution in [3.05, 3.63) is 0 Å². The zero-order valence-corrected chi connectivity index (χ0v) is 11.5. The van der Waals surface area contributed by atoms with Crippen molar-refractivity contribution in [3.8, 4) is 0 Å². The molecule has 0 heterocycles. The second kappa shape index (κ2) is 4.90. The van der Waals surface area contributed by atoms with Crippen molar-refractivity contribution in [3.63, 3.8) is 0 Å². The third-order valence-electron chi connectivity index (χ3n) is 3.85. The Bertz CT molecular complexity index is 345. The van der Waals surface area contributed by atoms with E-state index in [1.165, 1.54) is 0 Å². The Labute approximate surface area is 108 Å². The third-order valence-corrected chi connectivity index (χ3v) is 3.85. The van der Waals surface area contributed by atoms with Gasteiger partial charge in [-0.3, -0.25) is 4.79 Å². The Morgan fingerprint density at radius 1 is 1.22 bits per heavy atom. The number of ketones is 1. The summed E-state index contributed by atoms with van der Waals surface area (Å²) in [6.07, 6.45) is 4.47. The van der Waals surface area contributed by atoms with E-state index in [1.54, 1.807) is 0 Å². The van der Waals surface area contributed by atoms with Gasteiger partial charge in [-0.05, 0) is 46.5 Å².